The first-order chi connectivity index (χ1) is 6.86. The molecular formula is C10H12N4. The van der Waals surface area contributed by atoms with E-state index in [0.29, 0.717) is 18.8 Å². The monoisotopic (exact) mass is 188 g/mol. The van der Waals surface area contributed by atoms with Crippen LogP contribution in [0.25, 0.3) is 0 Å². The van der Waals surface area contributed by atoms with E-state index in [1.165, 1.54) is 0 Å². The molecule has 0 fully saturated rings. The van der Waals surface area contributed by atoms with Gasteiger partial charge in [0, 0.05) is 13.1 Å². The highest BCUT2D eigenvalue weighted by Crippen LogP contribution is 2.04. The highest BCUT2D eigenvalue weighted by molar-refractivity contribution is 5.43. The lowest BCUT2D eigenvalue weighted by Gasteiger charge is -2.01. The third kappa shape index (κ3) is 3.25. The maximum absolute atomic E-state index is 8.52. The number of nitrogens with two attached hydrogens (primary N) is 1. The zero-order chi connectivity index (χ0) is 10.2. The zero-order valence-electron chi connectivity index (χ0n) is 7.77. The fourth-order valence-electron chi connectivity index (χ4n) is 0.921. The summed E-state index contributed by atoms with van der Waals surface area (Å²) >= 11 is 0. The van der Waals surface area contributed by atoms with E-state index in [4.69, 9.17) is 11.0 Å². The lowest BCUT2D eigenvalue weighted by Crippen LogP contribution is -2.00. The van der Waals surface area contributed by atoms with E-state index in [2.05, 4.69) is 10.3 Å². The Morgan fingerprint density at radius 2 is 2.36 bits per heavy atom. The first-order valence-electron chi connectivity index (χ1n) is 4.32. The molecule has 1 heterocycles. The Morgan fingerprint density at radius 3 is 2.93 bits per heavy atom. The summed E-state index contributed by atoms with van der Waals surface area (Å²) in [6.45, 7) is 1.26. The van der Waals surface area contributed by atoms with Crippen LogP contribution in [0.5, 0.6) is 0 Å². The van der Waals surface area contributed by atoms with Crippen LogP contribution in [-0.2, 0) is 0 Å². The summed E-state index contributed by atoms with van der Waals surface area (Å²) < 4.78 is 0. The molecule has 0 aromatic carbocycles. The normalized spacial score (nSPS) is 10.0. The Kier molecular flexibility index (Phi) is 4.18. The molecule has 1 rings (SSSR count). The maximum Gasteiger partial charge on any atom is 0.140 e. The molecule has 4 heteroatoms. The van der Waals surface area contributed by atoms with E-state index in [1.54, 1.807) is 12.3 Å². The van der Waals surface area contributed by atoms with Crippen molar-refractivity contribution in [2.24, 2.45) is 5.73 Å². The van der Waals surface area contributed by atoms with Crippen molar-refractivity contribution >= 4 is 5.69 Å². The number of nitrogens with one attached hydrogen (secondary N) is 1. The van der Waals surface area contributed by atoms with Crippen molar-refractivity contribution in [3.63, 3.8) is 0 Å². The van der Waals surface area contributed by atoms with E-state index < -0.39 is 0 Å². The van der Waals surface area contributed by atoms with Gasteiger partial charge in [0.1, 0.15) is 11.8 Å². The summed E-state index contributed by atoms with van der Waals surface area (Å²) in [5.74, 6) is 0. The second kappa shape index (κ2) is 5.73. The van der Waals surface area contributed by atoms with E-state index in [-0.39, 0.29) is 0 Å². The minimum absolute atomic E-state index is 0.424. The van der Waals surface area contributed by atoms with Crippen LogP contribution in [0.15, 0.2) is 30.5 Å². The highest BCUT2D eigenvalue weighted by atomic mass is 14.9. The average Bonchev–Trinajstić information content (AvgIpc) is 2.25. The smallest absolute Gasteiger partial charge is 0.140 e. The van der Waals surface area contributed by atoms with Crippen molar-refractivity contribution in [2.75, 3.05) is 18.4 Å². The first-order valence-corrected chi connectivity index (χ1v) is 4.32. The topological polar surface area (TPSA) is 74.7 Å². The molecule has 0 saturated heterocycles. The number of hydrogen-bond donors (Lipinski definition) is 2. The minimum atomic E-state index is 0.424. The van der Waals surface area contributed by atoms with Gasteiger partial charge in [0.2, 0.25) is 0 Å². The molecule has 0 unspecified atom stereocenters. The minimum Gasteiger partial charge on any atom is -0.380 e. The van der Waals surface area contributed by atoms with Gasteiger partial charge in [-0.25, -0.2) is 4.98 Å². The summed E-state index contributed by atoms with van der Waals surface area (Å²) in [5.41, 5.74) is 6.60. The van der Waals surface area contributed by atoms with Crippen LogP contribution in [0.1, 0.15) is 5.69 Å². The van der Waals surface area contributed by atoms with Gasteiger partial charge in [0.25, 0.3) is 0 Å². The number of anilines is 1. The molecule has 0 spiro atoms. The van der Waals surface area contributed by atoms with Crippen LogP contribution >= 0.6 is 0 Å². The molecule has 0 saturated carbocycles. The van der Waals surface area contributed by atoms with Crippen molar-refractivity contribution in [1.29, 1.82) is 5.26 Å². The first kappa shape index (κ1) is 10.2. The van der Waals surface area contributed by atoms with Gasteiger partial charge in [-0.1, -0.05) is 12.2 Å². The van der Waals surface area contributed by atoms with Gasteiger partial charge in [-0.15, -0.1) is 0 Å². The summed E-state index contributed by atoms with van der Waals surface area (Å²) in [4.78, 5) is 3.92. The van der Waals surface area contributed by atoms with Gasteiger partial charge in [0.15, 0.2) is 0 Å². The quantitative estimate of drug-likeness (QED) is 0.688. The second-order valence-electron chi connectivity index (χ2n) is 2.63. The number of hydrogen-bond acceptors (Lipinski definition) is 4. The largest absolute Gasteiger partial charge is 0.380 e. The number of nitriles is 1. The SMILES string of the molecule is N#Cc1ccc(NC/C=C/CN)cn1. The van der Waals surface area contributed by atoms with Gasteiger partial charge in [-0.05, 0) is 12.1 Å². The van der Waals surface area contributed by atoms with Crippen LogP contribution in [0.2, 0.25) is 0 Å². The number of rotatable bonds is 4. The molecular weight excluding hydrogens is 176 g/mol. The van der Waals surface area contributed by atoms with E-state index in [1.807, 2.05) is 24.3 Å². The fourth-order valence-corrected chi connectivity index (χ4v) is 0.921. The number of aromatic nitrogens is 1. The Labute approximate surface area is 83.1 Å². The van der Waals surface area contributed by atoms with Crippen molar-refractivity contribution < 1.29 is 0 Å². The summed E-state index contributed by atoms with van der Waals surface area (Å²) in [7, 11) is 0. The molecule has 0 radical (unpaired) electrons. The van der Waals surface area contributed by atoms with Crippen LogP contribution in [0.3, 0.4) is 0 Å². The van der Waals surface area contributed by atoms with Crippen molar-refractivity contribution in [3.8, 4) is 6.07 Å². The lowest BCUT2D eigenvalue weighted by molar-refractivity contribution is 1.21. The summed E-state index contributed by atoms with van der Waals surface area (Å²) in [6, 6.07) is 5.46. The Balaban J connectivity index is 2.45. The van der Waals surface area contributed by atoms with Crippen LogP contribution in [0, 0.1) is 11.3 Å². The van der Waals surface area contributed by atoms with Crippen molar-refractivity contribution in [1.82, 2.24) is 4.98 Å². The van der Waals surface area contributed by atoms with E-state index in [9.17, 15) is 0 Å². The predicted octanol–water partition coefficient (Wildman–Crippen LogP) is 0.880. The van der Waals surface area contributed by atoms with Crippen molar-refractivity contribution in [3.05, 3.63) is 36.2 Å². The molecule has 72 valence electrons. The molecule has 0 aliphatic rings. The molecule has 4 nitrogen and oxygen atoms in total. The Hall–Kier alpha value is -1.86. The van der Waals surface area contributed by atoms with Crippen LogP contribution in [0.4, 0.5) is 5.69 Å². The van der Waals surface area contributed by atoms with Crippen LogP contribution < -0.4 is 11.1 Å². The maximum atomic E-state index is 8.52. The third-order valence-electron chi connectivity index (χ3n) is 1.60. The Bertz CT molecular complexity index is 334. The van der Waals surface area contributed by atoms with Gasteiger partial charge in [-0.2, -0.15) is 5.26 Å². The summed E-state index contributed by atoms with van der Waals surface area (Å²) in [6.07, 6.45) is 5.46. The lowest BCUT2D eigenvalue weighted by atomic mass is 10.3. The van der Waals surface area contributed by atoms with Gasteiger partial charge >= 0.3 is 0 Å². The van der Waals surface area contributed by atoms with Gasteiger partial charge < -0.3 is 11.1 Å². The molecule has 1 aromatic rings. The van der Waals surface area contributed by atoms with Crippen molar-refractivity contribution in [2.45, 2.75) is 0 Å². The molecule has 0 atom stereocenters. The van der Waals surface area contributed by atoms with E-state index in [0.717, 1.165) is 5.69 Å². The van der Waals surface area contributed by atoms with Gasteiger partial charge in [-0.3, -0.25) is 0 Å². The molecule has 0 amide bonds. The van der Waals surface area contributed by atoms with E-state index >= 15 is 0 Å². The molecule has 0 aliphatic heterocycles. The van der Waals surface area contributed by atoms with Gasteiger partial charge in [0.05, 0.1) is 11.9 Å². The summed E-state index contributed by atoms with van der Waals surface area (Å²) in [5, 5.41) is 11.6. The molecule has 0 aliphatic carbocycles. The standard InChI is InChI=1S/C10H12N4/c11-5-1-2-6-13-10-4-3-9(7-12)14-8-10/h1-4,8,13H,5-6,11H2/b2-1+. The Morgan fingerprint density at radius 1 is 1.50 bits per heavy atom. The third-order valence-corrected chi connectivity index (χ3v) is 1.60. The predicted molar refractivity (Wildman–Crippen MR) is 55.6 cm³/mol. The zero-order valence-corrected chi connectivity index (χ0v) is 7.77. The van der Waals surface area contributed by atoms with Crippen LogP contribution in [-0.4, -0.2) is 18.1 Å². The molecule has 14 heavy (non-hydrogen) atoms. The second-order valence-corrected chi connectivity index (χ2v) is 2.63. The highest BCUT2D eigenvalue weighted by Gasteiger charge is 1.91. The molecule has 0 bridgehead atoms. The average molecular weight is 188 g/mol. The molecule has 1 aromatic heterocycles. The number of nitrogens with zero attached hydrogens (tertiary/aromatic N) is 2. The number of pyridine rings is 1. The molecule has 3 N–H and O–H groups in total. The fraction of sp³-hybridized carbons (Fsp3) is 0.200.